The van der Waals surface area contributed by atoms with Crippen molar-refractivity contribution in [1.82, 2.24) is 5.32 Å². The molecule has 1 rings (SSSR count). The van der Waals surface area contributed by atoms with Gasteiger partial charge in [0.2, 0.25) is 11.8 Å². The Morgan fingerprint density at radius 3 is 2.50 bits per heavy atom. The van der Waals surface area contributed by atoms with E-state index in [0.717, 1.165) is 5.57 Å². The molecule has 1 saturated heterocycles. The van der Waals surface area contributed by atoms with Gasteiger partial charge in [-0.05, 0) is 26.2 Å². The fraction of sp³-hybridized carbons (Fsp3) is 0.588. The van der Waals surface area contributed by atoms with Gasteiger partial charge >= 0.3 is 0 Å². The molecule has 2 amide bonds. The minimum Gasteiger partial charge on any atom is -0.393 e. The summed E-state index contributed by atoms with van der Waals surface area (Å²) < 4.78 is 0. The second-order valence-corrected chi connectivity index (χ2v) is 6.00. The summed E-state index contributed by atoms with van der Waals surface area (Å²) in [5.74, 6) is -1.10. The van der Waals surface area contributed by atoms with Gasteiger partial charge in [0.05, 0.1) is 6.10 Å². The Kier molecular flexibility index (Phi) is 7.18. The van der Waals surface area contributed by atoms with E-state index in [2.05, 4.69) is 5.32 Å². The zero-order valence-electron chi connectivity index (χ0n) is 13.5. The molecule has 0 aromatic carbocycles. The summed E-state index contributed by atoms with van der Waals surface area (Å²) in [7, 11) is 0. The molecule has 0 aromatic heterocycles. The van der Waals surface area contributed by atoms with Crippen molar-refractivity contribution in [2.24, 2.45) is 11.8 Å². The second kappa shape index (κ2) is 8.63. The van der Waals surface area contributed by atoms with Crippen LogP contribution in [0.15, 0.2) is 23.8 Å². The van der Waals surface area contributed by atoms with E-state index in [1.807, 2.05) is 32.1 Å². The lowest BCUT2D eigenvalue weighted by atomic mass is 9.88. The number of carbonyl (C=O) groups excluding carboxylic acids is 3. The monoisotopic (exact) mass is 307 g/mol. The zero-order chi connectivity index (χ0) is 16.7. The highest BCUT2D eigenvalue weighted by atomic mass is 16.3. The summed E-state index contributed by atoms with van der Waals surface area (Å²) in [6.07, 6.45) is 5.69. The van der Waals surface area contributed by atoms with Crippen LogP contribution in [0.25, 0.3) is 0 Å². The molecule has 1 aliphatic rings. The molecule has 1 heterocycles. The third-order valence-electron chi connectivity index (χ3n) is 3.72. The molecule has 0 aromatic rings. The van der Waals surface area contributed by atoms with Crippen LogP contribution in [0.1, 0.15) is 46.5 Å². The molecule has 5 heteroatoms. The SMILES string of the molecule is CC=CC(C)=C[C@H](C)C(=O)C[C@H](O)CC1CC(=O)NC(=O)C1. The first-order valence-electron chi connectivity index (χ1n) is 7.66. The maximum Gasteiger partial charge on any atom is 0.226 e. The Balaban J connectivity index is 2.48. The lowest BCUT2D eigenvalue weighted by molar-refractivity contribution is -0.135. The molecule has 0 aliphatic carbocycles. The molecule has 0 bridgehead atoms. The number of allylic oxidation sites excluding steroid dienone is 4. The van der Waals surface area contributed by atoms with Gasteiger partial charge in [-0.15, -0.1) is 0 Å². The number of rotatable bonds is 7. The topological polar surface area (TPSA) is 83.5 Å². The molecule has 0 spiro atoms. The van der Waals surface area contributed by atoms with Crippen molar-refractivity contribution in [2.45, 2.75) is 52.6 Å². The zero-order valence-corrected chi connectivity index (χ0v) is 13.5. The van der Waals surface area contributed by atoms with E-state index in [1.54, 1.807) is 6.92 Å². The van der Waals surface area contributed by atoms with Gasteiger partial charge < -0.3 is 5.11 Å². The predicted molar refractivity (Wildman–Crippen MR) is 83.9 cm³/mol. The molecule has 22 heavy (non-hydrogen) atoms. The average molecular weight is 307 g/mol. The minimum atomic E-state index is -0.811. The fourth-order valence-corrected chi connectivity index (χ4v) is 2.71. The van der Waals surface area contributed by atoms with Crippen molar-refractivity contribution in [3.8, 4) is 0 Å². The number of aliphatic hydroxyl groups is 1. The Bertz CT molecular complexity index is 477. The van der Waals surface area contributed by atoms with E-state index in [9.17, 15) is 19.5 Å². The van der Waals surface area contributed by atoms with E-state index < -0.39 is 6.10 Å². The number of hydrogen-bond donors (Lipinski definition) is 2. The Hall–Kier alpha value is -1.75. The summed E-state index contributed by atoms with van der Waals surface area (Å²) >= 11 is 0. The van der Waals surface area contributed by atoms with Crippen molar-refractivity contribution in [1.29, 1.82) is 0 Å². The van der Waals surface area contributed by atoms with Crippen LogP contribution < -0.4 is 5.32 Å². The van der Waals surface area contributed by atoms with Crippen molar-refractivity contribution >= 4 is 17.6 Å². The molecular formula is C17H25NO4. The molecule has 0 saturated carbocycles. The predicted octanol–water partition coefficient (Wildman–Crippen LogP) is 1.91. The largest absolute Gasteiger partial charge is 0.393 e. The maximum atomic E-state index is 12.1. The minimum absolute atomic E-state index is 0.0389. The van der Waals surface area contributed by atoms with Crippen LogP contribution in [0, 0.1) is 11.8 Å². The number of carbonyl (C=O) groups is 3. The van der Waals surface area contributed by atoms with Gasteiger partial charge in [-0.2, -0.15) is 0 Å². The third-order valence-corrected chi connectivity index (χ3v) is 3.72. The van der Waals surface area contributed by atoms with Crippen molar-refractivity contribution in [3.05, 3.63) is 23.8 Å². The summed E-state index contributed by atoms with van der Waals surface area (Å²) in [5.41, 5.74) is 1.01. The highest BCUT2D eigenvalue weighted by Crippen LogP contribution is 2.21. The number of nitrogens with one attached hydrogen (secondary N) is 1. The van der Waals surface area contributed by atoms with Crippen molar-refractivity contribution in [3.63, 3.8) is 0 Å². The quantitative estimate of drug-likeness (QED) is 0.556. The number of hydrogen-bond acceptors (Lipinski definition) is 4. The van der Waals surface area contributed by atoms with Crippen LogP contribution in [0.3, 0.4) is 0 Å². The van der Waals surface area contributed by atoms with Gasteiger partial charge in [0.15, 0.2) is 0 Å². The molecule has 0 radical (unpaired) electrons. The van der Waals surface area contributed by atoms with Crippen LogP contribution in [0.4, 0.5) is 0 Å². The lowest BCUT2D eigenvalue weighted by Crippen LogP contribution is -2.39. The van der Waals surface area contributed by atoms with Crippen molar-refractivity contribution < 1.29 is 19.5 Å². The fourth-order valence-electron chi connectivity index (χ4n) is 2.71. The van der Waals surface area contributed by atoms with Crippen LogP contribution in [-0.4, -0.2) is 28.8 Å². The normalized spacial score (nSPS) is 20.1. The first kappa shape index (κ1) is 18.3. The Labute approximate surface area is 131 Å². The summed E-state index contributed by atoms with van der Waals surface area (Å²) in [6, 6.07) is 0. The van der Waals surface area contributed by atoms with Crippen molar-refractivity contribution in [2.75, 3.05) is 0 Å². The van der Waals surface area contributed by atoms with E-state index in [1.165, 1.54) is 0 Å². The van der Waals surface area contributed by atoms with Gasteiger partial charge in [-0.1, -0.05) is 30.7 Å². The number of amides is 2. The van der Waals surface area contributed by atoms with E-state index >= 15 is 0 Å². The Morgan fingerprint density at radius 1 is 1.36 bits per heavy atom. The van der Waals surface area contributed by atoms with Gasteiger partial charge in [-0.25, -0.2) is 0 Å². The van der Waals surface area contributed by atoms with Crippen LogP contribution in [0.2, 0.25) is 0 Å². The molecular weight excluding hydrogens is 282 g/mol. The molecule has 1 aliphatic heterocycles. The first-order chi connectivity index (χ1) is 10.3. The van der Waals surface area contributed by atoms with E-state index in [-0.39, 0.29) is 48.7 Å². The number of Topliss-reactive ketones (excluding diaryl/α,β-unsaturated/α-hetero) is 1. The summed E-state index contributed by atoms with van der Waals surface area (Å²) in [6.45, 7) is 5.64. The van der Waals surface area contributed by atoms with Gasteiger partial charge in [-0.3, -0.25) is 19.7 Å². The van der Waals surface area contributed by atoms with E-state index in [0.29, 0.717) is 6.42 Å². The van der Waals surface area contributed by atoms with E-state index in [4.69, 9.17) is 0 Å². The molecule has 2 atom stereocenters. The van der Waals surface area contributed by atoms with Gasteiger partial charge in [0.25, 0.3) is 0 Å². The number of ketones is 1. The second-order valence-electron chi connectivity index (χ2n) is 6.00. The number of imide groups is 1. The maximum absolute atomic E-state index is 12.1. The first-order valence-corrected chi connectivity index (χ1v) is 7.66. The molecule has 122 valence electrons. The van der Waals surface area contributed by atoms with Crippen LogP contribution in [-0.2, 0) is 14.4 Å². The van der Waals surface area contributed by atoms with Gasteiger partial charge in [0, 0.05) is 25.2 Å². The summed E-state index contributed by atoms with van der Waals surface area (Å²) in [5, 5.41) is 12.3. The smallest absolute Gasteiger partial charge is 0.226 e. The summed E-state index contributed by atoms with van der Waals surface area (Å²) in [4.78, 5) is 34.7. The Morgan fingerprint density at radius 2 is 1.95 bits per heavy atom. The highest BCUT2D eigenvalue weighted by Gasteiger charge is 2.27. The third kappa shape index (κ3) is 6.35. The standard InChI is InChI=1S/C17H25NO4/c1-4-5-11(2)6-12(3)15(20)10-14(19)7-13-8-16(21)18-17(22)9-13/h4-6,12-14,19H,7-10H2,1-3H3,(H,18,21,22)/t12-,14+/m0/s1. The highest BCUT2D eigenvalue weighted by molar-refractivity contribution is 5.97. The average Bonchev–Trinajstić information content (AvgIpc) is 2.36. The number of aliphatic hydroxyl groups excluding tert-OH is 1. The van der Waals surface area contributed by atoms with Crippen LogP contribution in [0.5, 0.6) is 0 Å². The molecule has 2 N–H and O–H groups in total. The molecule has 0 unspecified atom stereocenters. The number of piperidine rings is 1. The molecule has 5 nitrogen and oxygen atoms in total. The van der Waals surface area contributed by atoms with Crippen LogP contribution >= 0.6 is 0 Å². The van der Waals surface area contributed by atoms with Gasteiger partial charge in [0.1, 0.15) is 5.78 Å². The molecule has 1 fully saturated rings. The lowest BCUT2D eigenvalue weighted by Gasteiger charge is -2.23.